The number of unbranched alkanes of at least 4 members (excludes halogenated alkanes) is 1. The van der Waals surface area contributed by atoms with Crippen LogP contribution in [0.1, 0.15) is 24.8 Å². The number of alkyl halides is 1. The molecule has 0 aliphatic carbocycles. The second-order valence-electron chi connectivity index (χ2n) is 3.76. The predicted molar refractivity (Wildman–Crippen MR) is 72.0 cm³/mol. The van der Waals surface area contributed by atoms with E-state index in [2.05, 4.69) is 4.98 Å². The lowest BCUT2D eigenvalue weighted by atomic mass is 10.1. The molecule has 0 saturated carbocycles. The minimum absolute atomic E-state index is 0.574. The van der Waals surface area contributed by atoms with Crippen LogP contribution in [0.3, 0.4) is 0 Å². The minimum Gasteiger partial charge on any atom is -0.306 e. The minimum atomic E-state index is 0.574. The van der Waals surface area contributed by atoms with Gasteiger partial charge in [0, 0.05) is 30.0 Å². The lowest BCUT2D eigenvalue weighted by Crippen LogP contribution is -2.02. The molecule has 2 rings (SSSR count). The number of imidazole rings is 1. The van der Waals surface area contributed by atoms with Crippen LogP contribution in [-0.2, 0) is 11.3 Å². The first kappa shape index (κ1) is 12.3. The molecule has 90 valence electrons. The molecule has 0 radical (unpaired) electrons. The molecule has 2 aromatic rings. The highest BCUT2D eigenvalue weighted by molar-refractivity contribution is 7.67. The van der Waals surface area contributed by atoms with Crippen LogP contribution in [0.25, 0.3) is 5.65 Å². The number of hydrogen-bond donors (Lipinski definition) is 0. The number of rotatable bonds is 5. The van der Waals surface area contributed by atoms with Crippen molar-refractivity contribution in [3.05, 3.63) is 36.3 Å². The number of hydrogen-bond acceptors (Lipinski definition) is 2. The van der Waals surface area contributed by atoms with Gasteiger partial charge < -0.3 is 4.40 Å². The standard InChI is InChI=1S/C12H13ClN2OS/c13-6-2-1-3-11(17-16)10-4-5-12-14-7-8-15(12)9-10/h4-5,7-9H,1-3,6H2. The molecule has 0 aliphatic rings. The Morgan fingerprint density at radius 3 is 3.06 bits per heavy atom. The molecule has 0 aromatic carbocycles. The zero-order valence-corrected chi connectivity index (χ0v) is 10.9. The van der Waals surface area contributed by atoms with E-state index >= 15 is 0 Å². The molecule has 2 aromatic heterocycles. The third-order valence-corrected chi connectivity index (χ3v) is 3.51. The quantitative estimate of drug-likeness (QED) is 0.361. The van der Waals surface area contributed by atoms with Crippen molar-refractivity contribution in [3.63, 3.8) is 0 Å². The van der Waals surface area contributed by atoms with Crippen molar-refractivity contribution < 1.29 is 4.21 Å². The average molecular weight is 269 g/mol. The number of fused-ring (bicyclic) bond motifs is 1. The Kier molecular flexibility index (Phi) is 4.34. The summed E-state index contributed by atoms with van der Waals surface area (Å²) >= 11 is 6.21. The maximum Gasteiger partial charge on any atom is 0.136 e. The van der Waals surface area contributed by atoms with Gasteiger partial charge in [0.1, 0.15) is 5.65 Å². The molecule has 0 unspecified atom stereocenters. The first-order valence-electron chi connectivity index (χ1n) is 5.50. The lowest BCUT2D eigenvalue weighted by molar-refractivity contribution is 0.700. The molecule has 5 heteroatoms. The van der Waals surface area contributed by atoms with Gasteiger partial charge in [-0.2, -0.15) is 0 Å². The van der Waals surface area contributed by atoms with Crippen LogP contribution >= 0.6 is 11.6 Å². The third-order valence-electron chi connectivity index (χ3n) is 2.60. The van der Waals surface area contributed by atoms with E-state index in [4.69, 9.17) is 11.6 Å². The normalized spacial score (nSPS) is 10.6. The van der Waals surface area contributed by atoms with Gasteiger partial charge in [0.15, 0.2) is 0 Å². The largest absolute Gasteiger partial charge is 0.306 e. The fourth-order valence-electron chi connectivity index (χ4n) is 1.70. The van der Waals surface area contributed by atoms with Crippen LogP contribution in [0.15, 0.2) is 30.7 Å². The van der Waals surface area contributed by atoms with Crippen molar-refractivity contribution in [1.29, 1.82) is 0 Å². The van der Waals surface area contributed by atoms with Crippen molar-refractivity contribution in [2.45, 2.75) is 19.3 Å². The molecule has 0 atom stereocenters. The van der Waals surface area contributed by atoms with E-state index in [-0.39, 0.29) is 0 Å². The van der Waals surface area contributed by atoms with Gasteiger partial charge in [-0.25, -0.2) is 9.19 Å². The van der Waals surface area contributed by atoms with Gasteiger partial charge in [-0.3, -0.25) is 0 Å². The highest BCUT2D eigenvalue weighted by atomic mass is 35.5. The van der Waals surface area contributed by atoms with Crippen molar-refractivity contribution in [2.24, 2.45) is 0 Å². The third kappa shape index (κ3) is 2.96. The van der Waals surface area contributed by atoms with Crippen molar-refractivity contribution in [1.82, 2.24) is 9.38 Å². The van der Waals surface area contributed by atoms with E-state index in [0.29, 0.717) is 17.1 Å². The zero-order valence-electron chi connectivity index (χ0n) is 9.30. The number of nitrogens with zero attached hydrogens (tertiary/aromatic N) is 2. The number of pyridine rings is 1. The molecular formula is C12H13ClN2OS. The average Bonchev–Trinajstić information content (AvgIpc) is 2.82. The zero-order chi connectivity index (χ0) is 12.1. The summed E-state index contributed by atoms with van der Waals surface area (Å²) in [5.74, 6) is 0.650. The molecule has 0 spiro atoms. The van der Waals surface area contributed by atoms with E-state index in [1.807, 2.05) is 28.9 Å². The van der Waals surface area contributed by atoms with Crippen LogP contribution in [0.4, 0.5) is 0 Å². The second-order valence-corrected chi connectivity index (χ2v) is 4.80. The maximum absolute atomic E-state index is 11.1. The monoisotopic (exact) mass is 268 g/mol. The van der Waals surface area contributed by atoms with Crippen LogP contribution in [-0.4, -0.2) is 24.3 Å². The molecule has 2 heterocycles. The molecule has 0 bridgehead atoms. The van der Waals surface area contributed by atoms with E-state index in [9.17, 15) is 4.21 Å². The Morgan fingerprint density at radius 2 is 2.29 bits per heavy atom. The first-order valence-corrected chi connectivity index (χ1v) is 6.77. The summed E-state index contributed by atoms with van der Waals surface area (Å²) in [6.45, 7) is 0. The van der Waals surface area contributed by atoms with E-state index in [0.717, 1.165) is 35.3 Å². The van der Waals surface area contributed by atoms with E-state index < -0.39 is 0 Å². The first-order chi connectivity index (χ1) is 8.35. The van der Waals surface area contributed by atoms with E-state index in [1.165, 1.54) is 0 Å². The van der Waals surface area contributed by atoms with Crippen LogP contribution in [0.5, 0.6) is 0 Å². The highest BCUT2D eigenvalue weighted by Gasteiger charge is 2.04. The smallest absolute Gasteiger partial charge is 0.136 e. The Bertz CT molecular complexity index is 560. The van der Waals surface area contributed by atoms with Gasteiger partial charge in [-0.1, -0.05) is 0 Å². The summed E-state index contributed by atoms with van der Waals surface area (Å²) in [5, 5.41) is 0. The molecular weight excluding hydrogens is 256 g/mol. The van der Waals surface area contributed by atoms with Gasteiger partial charge in [-0.15, -0.1) is 11.6 Å². The van der Waals surface area contributed by atoms with Crippen molar-refractivity contribution in [3.8, 4) is 0 Å². The molecule has 0 N–H and O–H groups in total. The summed E-state index contributed by atoms with van der Waals surface area (Å²) < 4.78 is 13.0. The van der Waals surface area contributed by atoms with Gasteiger partial charge in [0.25, 0.3) is 0 Å². The fraction of sp³-hybridized carbons (Fsp3) is 0.333. The molecule has 3 nitrogen and oxygen atoms in total. The molecule has 17 heavy (non-hydrogen) atoms. The van der Waals surface area contributed by atoms with Crippen molar-refractivity contribution in [2.75, 3.05) is 5.88 Å². The summed E-state index contributed by atoms with van der Waals surface area (Å²) in [5.41, 5.74) is 1.87. The molecule has 0 amide bonds. The second kappa shape index (κ2) is 5.98. The van der Waals surface area contributed by atoms with Gasteiger partial charge >= 0.3 is 0 Å². The van der Waals surface area contributed by atoms with Gasteiger partial charge in [0.2, 0.25) is 0 Å². The summed E-state index contributed by atoms with van der Waals surface area (Å²) in [6.07, 6.45) is 8.26. The topological polar surface area (TPSA) is 34.4 Å². The molecule has 0 aliphatic heterocycles. The molecule has 0 saturated heterocycles. The van der Waals surface area contributed by atoms with Crippen LogP contribution in [0.2, 0.25) is 0 Å². The fourth-order valence-corrected chi connectivity index (χ4v) is 2.33. The van der Waals surface area contributed by atoms with Crippen molar-refractivity contribution >= 4 is 33.4 Å². The van der Waals surface area contributed by atoms with E-state index in [1.54, 1.807) is 6.20 Å². The summed E-state index contributed by atoms with van der Waals surface area (Å²) in [7, 11) is 0. The Labute approximate surface area is 109 Å². The maximum atomic E-state index is 11.1. The van der Waals surface area contributed by atoms with Crippen LogP contribution < -0.4 is 0 Å². The number of halogens is 1. The van der Waals surface area contributed by atoms with Gasteiger partial charge in [-0.05, 0) is 31.4 Å². The van der Waals surface area contributed by atoms with Crippen LogP contribution in [0, 0.1) is 0 Å². The SMILES string of the molecule is O=S=C(CCCCCl)c1ccc2nccn2c1. The van der Waals surface area contributed by atoms with Gasteiger partial charge in [0.05, 0.1) is 16.1 Å². The lowest BCUT2D eigenvalue weighted by Gasteiger charge is -2.03. The Hall–Kier alpha value is -1.13. The number of aromatic nitrogens is 2. The summed E-state index contributed by atoms with van der Waals surface area (Å²) in [4.78, 5) is 5.04. The Morgan fingerprint density at radius 1 is 1.41 bits per heavy atom. The summed E-state index contributed by atoms with van der Waals surface area (Å²) in [6, 6.07) is 3.87. The highest BCUT2D eigenvalue weighted by Crippen LogP contribution is 2.09. The molecule has 0 fully saturated rings. The predicted octanol–water partition coefficient (Wildman–Crippen LogP) is 2.48. The Balaban J connectivity index is 2.21.